The first kappa shape index (κ1) is 14.4. The monoisotopic (exact) mass is 328 g/mol. The predicted octanol–water partition coefficient (Wildman–Crippen LogP) is 2.74. The van der Waals surface area contributed by atoms with E-state index >= 15 is 0 Å². The normalized spacial score (nSPS) is 19.5. The minimum atomic E-state index is -0.793. The Labute approximate surface area is 137 Å². The van der Waals surface area contributed by atoms with Gasteiger partial charge in [-0.2, -0.15) is 0 Å². The van der Waals surface area contributed by atoms with Gasteiger partial charge in [-0.25, -0.2) is 9.78 Å². The summed E-state index contributed by atoms with van der Waals surface area (Å²) in [4.78, 5) is 30.2. The van der Waals surface area contributed by atoms with Crippen LogP contribution in [0.25, 0.3) is 0 Å². The lowest BCUT2D eigenvalue weighted by Crippen LogP contribution is -2.37. The summed E-state index contributed by atoms with van der Waals surface area (Å²) in [5.41, 5.74) is 2.49. The average molecular weight is 328 g/mol. The van der Waals surface area contributed by atoms with Crippen molar-refractivity contribution < 1.29 is 14.3 Å². The number of carbonyl (C=O) groups is 2. The van der Waals surface area contributed by atoms with Crippen LogP contribution in [0.5, 0.6) is 0 Å². The molecule has 6 heteroatoms. The summed E-state index contributed by atoms with van der Waals surface area (Å²) in [6, 6.07) is 7.24. The third-order valence-electron chi connectivity index (χ3n) is 4.26. The van der Waals surface area contributed by atoms with Crippen LogP contribution in [-0.4, -0.2) is 23.0 Å². The van der Waals surface area contributed by atoms with Crippen LogP contribution < -0.4 is 5.32 Å². The Hall–Kier alpha value is -2.21. The van der Waals surface area contributed by atoms with Crippen LogP contribution in [0.15, 0.2) is 24.3 Å². The van der Waals surface area contributed by atoms with E-state index < -0.39 is 12.1 Å². The van der Waals surface area contributed by atoms with E-state index in [1.165, 1.54) is 22.6 Å². The van der Waals surface area contributed by atoms with Gasteiger partial charge in [0.1, 0.15) is 0 Å². The van der Waals surface area contributed by atoms with E-state index in [1.807, 2.05) is 12.1 Å². The van der Waals surface area contributed by atoms with Gasteiger partial charge in [-0.1, -0.05) is 18.2 Å². The van der Waals surface area contributed by atoms with E-state index in [0.717, 1.165) is 30.5 Å². The van der Waals surface area contributed by atoms with E-state index in [4.69, 9.17) is 4.74 Å². The van der Waals surface area contributed by atoms with Crippen molar-refractivity contribution in [1.29, 1.82) is 0 Å². The topological polar surface area (TPSA) is 68.3 Å². The SMILES string of the molecule is O=C1O[C@H](C(=O)Nc2nc3c(s2)CCCC3)Cc2ccccc21. The number of anilines is 1. The summed E-state index contributed by atoms with van der Waals surface area (Å²) in [5, 5.41) is 3.42. The second-order valence-corrected chi connectivity index (χ2v) is 6.92. The highest BCUT2D eigenvalue weighted by Gasteiger charge is 2.31. The van der Waals surface area contributed by atoms with Crippen molar-refractivity contribution in [3.05, 3.63) is 46.0 Å². The van der Waals surface area contributed by atoms with Gasteiger partial charge in [0.05, 0.1) is 11.3 Å². The number of aryl methyl sites for hydroxylation is 2. The molecule has 0 saturated heterocycles. The van der Waals surface area contributed by atoms with Crippen molar-refractivity contribution in [2.75, 3.05) is 5.32 Å². The maximum atomic E-state index is 12.4. The summed E-state index contributed by atoms with van der Waals surface area (Å²) in [6.45, 7) is 0. The molecular formula is C17H16N2O3S. The fraction of sp³-hybridized carbons (Fsp3) is 0.353. The molecule has 0 saturated carbocycles. The number of nitrogens with zero attached hydrogens (tertiary/aromatic N) is 1. The second-order valence-electron chi connectivity index (χ2n) is 5.84. The number of nitrogens with one attached hydrogen (secondary N) is 1. The first-order valence-electron chi connectivity index (χ1n) is 7.79. The zero-order valence-electron chi connectivity index (χ0n) is 12.5. The zero-order chi connectivity index (χ0) is 15.8. The van der Waals surface area contributed by atoms with Crippen LogP contribution in [0, 0.1) is 0 Å². The lowest BCUT2D eigenvalue weighted by molar-refractivity contribution is -0.125. The summed E-state index contributed by atoms with van der Waals surface area (Å²) < 4.78 is 5.27. The van der Waals surface area contributed by atoms with E-state index in [0.29, 0.717) is 17.1 Å². The van der Waals surface area contributed by atoms with Gasteiger partial charge in [0.2, 0.25) is 0 Å². The number of fused-ring (bicyclic) bond motifs is 2. The number of cyclic esters (lactones) is 1. The molecular weight excluding hydrogens is 312 g/mol. The summed E-state index contributed by atoms with van der Waals surface area (Å²) in [5.74, 6) is -0.746. The maximum Gasteiger partial charge on any atom is 0.339 e. The molecule has 1 aliphatic heterocycles. The number of aromatic nitrogens is 1. The number of thiazole rings is 1. The van der Waals surface area contributed by atoms with Crippen molar-refractivity contribution >= 4 is 28.3 Å². The molecule has 2 aromatic rings. The highest BCUT2D eigenvalue weighted by atomic mass is 32.1. The van der Waals surface area contributed by atoms with Crippen molar-refractivity contribution in [3.63, 3.8) is 0 Å². The molecule has 0 radical (unpaired) electrons. The minimum Gasteiger partial charge on any atom is -0.448 e. The molecule has 1 N–H and O–H groups in total. The molecule has 23 heavy (non-hydrogen) atoms. The van der Waals surface area contributed by atoms with E-state index in [9.17, 15) is 9.59 Å². The van der Waals surface area contributed by atoms with Gasteiger partial charge in [-0.05, 0) is 37.3 Å². The standard InChI is InChI=1S/C17H16N2O3S/c20-15(19-17-18-12-7-3-4-8-14(12)23-17)13-9-10-5-1-2-6-11(10)16(21)22-13/h1-2,5-6,13H,3-4,7-9H2,(H,18,19,20)/t13-/m0/s1. The highest BCUT2D eigenvalue weighted by Crippen LogP contribution is 2.30. The molecule has 1 atom stereocenters. The molecule has 0 bridgehead atoms. The number of hydrogen-bond donors (Lipinski definition) is 1. The quantitative estimate of drug-likeness (QED) is 0.861. The van der Waals surface area contributed by atoms with E-state index in [-0.39, 0.29) is 5.91 Å². The number of rotatable bonds is 2. The highest BCUT2D eigenvalue weighted by molar-refractivity contribution is 7.15. The Kier molecular flexibility index (Phi) is 3.61. The Morgan fingerprint density at radius 2 is 2.09 bits per heavy atom. The molecule has 1 aliphatic carbocycles. The minimum absolute atomic E-state index is 0.307. The lowest BCUT2D eigenvalue weighted by Gasteiger charge is -2.23. The van der Waals surface area contributed by atoms with Gasteiger partial charge in [-0.3, -0.25) is 10.1 Å². The Morgan fingerprint density at radius 3 is 2.96 bits per heavy atom. The molecule has 4 rings (SSSR count). The molecule has 0 spiro atoms. The molecule has 118 valence electrons. The van der Waals surface area contributed by atoms with Crippen LogP contribution in [-0.2, 0) is 28.8 Å². The number of esters is 1. The van der Waals surface area contributed by atoms with Gasteiger partial charge in [0, 0.05) is 11.3 Å². The van der Waals surface area contributed by atoms with Crippen molar-refractivity contribution in [2.45, 2.75) is 38.2 Å². The van der Waals surface area contributed by atoms with Gasteiger partial charge in [-0.15, -0.1) is 11.3 Å². The number of amides is 1. The van der Waals surface area contributed by atoms with Crippen LogP contribution >= 0.6 is 11.3 Å². The Morgan fingerprint density at radius 1 is 1.26 bits per heavy atom. The third-order valence-corrected chi connectivity index (χ3v) is 5.33. The van der Waals surface area contributed by atoms with Crippen molar-refractivity contribution in [3.8, 4) is 0 Å². The fourth-order valence-electron chi connectivity index (χ4n) is 3.07. The van der Waals surface area contributed by atoms with Gasteiger partial charge < -0.3 is 4.74 Å². The first-order chi connectivity index (χ1) is 11.2. The van der Waals surface area contributed by atoms with Crippen LogP contribution in [0.1, 0.15) is 39.3 Å². The van der Waals surface area contributed by atoms with Gasteiger partial charge in [0.25, 0.3) is 5.91 Å². The van der Waals surface area contributed by atoms with Crippen molar-refractivity contribution in [1.82, 2.24) is 4.98 Å². The van der Waals surface area contributed by atoms with Gasteiger partial charge >= 0.3 is 5.97 Å². The second kappa shape index (κ2) is 5.77. The van der Waals surface area contributed by atoms with E-state index in [1.54, 1.807) is 12.1 Å². The molecule has 2 heterocycles. The molecule has 1 amide bonds. The Bertz CT molecular complexity index is 760. The van der Waals surface area contributed by atoms with Gasteiger partial charge in [0.15, 0.2) is 11.2 Å². The number of hydrogen-bond acceptors (Lipinski definition) is 5. The number of carbonyl (C=O) groups excluding carboxylic acids is 2. The summed E-state index contributed by atoms with van der Waals surface area (Å²) in [7, 11) is 0. The fourth-order valence-corrected chi connectivity index (χ4v) is 4.12. The number of benzene rings is 1. The molecule has 5 nitrogen and oxygen atoms in total. The van der Waals surface area contributed by atoms with Crippen LogP contribution in [0.4, 0.5) is 5.13 Å². The molecule has 1 aromatic heterocycles. The molecule has 0 fully saturated rings. The zero-order valence-corrected chi connectivity index (χ0v) is 13.3. The third kappa shape index (κ3) is 2.74. The number of ether oxygens (including phenoxy) is 1. The molecule has 0 unspecified atom stereocenters. The average Bonchev–Trinajstić information content (AvgIpc) is 2.97. The van der Waals surface area contributed by atoms with E-state index in [2.05, 4.69) is 10.3 Å². The lowest BCUT2D eigenvalue weighted by atomic mass is 9.98. The summed E-state index contributed by atoms with van der Waals surface area (Å²) in [6.07, 6.45) is 3.96. The largest absolute Gasteiger partial charge is 0.448 e. The molecule has 1 aromatic carbocycles. The Balaban J connectivity index is 1.50. The smallest absolute Gasteiger partial charge is 0.339 e. The summed E-state index contributed by atoms with van der Waals surface area (Å²) >= 11 is 1.53. The van der Waals surface area contributed by atoms with Crippen molar-refractivity contribution in [2.24, 2.45) is 0 Å². The van der Waals surface area contributed by atoms with Crippen LogP contribution in [0.3, 0.4) is 0 Å². The van der Waals surface area contributed by atoms with Crippen LogP contribution in [0.2, 0.25) is 0 Å². The first-order valence-corrected chi connectivity index (χ1v) is 8.60. The maximum absolute atomic E-state index is 12.4. The molecule has 2 aliphatic rings. The predicted molar refractivity (Wildman–Crippen MR) is 86.7 cm³/mol.